The van der Waals surface area contributed by atoms with E-state index >= 15 is 0 Å². The normalized spacial score (nSPS) is 36.4. The van der Waals surface area contributed by atoms with Crippen LogP contribution in [0.5, 0.6) is 11.5 Å². The van der Waals surface area contributed by atoms with Crippen LogP contribution in [0.1, 0.15) is 23.1 Å². The van der Waals surface area contributed by atoms with Crippen LogP contribution in [0.15, 0.2) is 18.2 Å². The third-order valence-electron chi connectivity index (χ3n) is 6.73. The number of phosphoric ester groups is 1. The molecule has 0 unspecified atom stereocenters. The van der Waals surface area contributed by atoms with Gasteiger partial charge in [-0.1, -0.05) is 12.2 Å². The third-order valence-corrected chi connectivity index (χ3v) is 7.20. The zero-order chi connectivity index (χ0) is 19.1. The van der Waals surface area contributed by atoms with Gasteiger partial charge < -0.3 is 29.6 Å². The number of phenolic OH excluding ortho intramolecular Hbond substituents is 1. The van der Waals surface area contributed by atoms with Gasteiger partial charge >= 0.3 is 7.82 Å². The second kappa shape index (κ2) is 5.56. The van der Waals surface area contributed by atoms with Crippen molar-refractivity contribution < 1.29 is 33.8 Å². The summed E-state index contributed by atoms with van der Waals surface area (Å²) in [4.78, 5) is 20.3. The highest BCUT2D eigenvalue weighted by Crippen LogP contribution is 2.63. The maximum atomic E-state index is 11.1. The summed E-state index contributed by atoms with van der Waals surface area (Å²) in [6.07, 6.45) is 4.19. The molecule has 1 aromatic rings. The fraction of sp³-hybridized carbons (Fsp3) is 0.556. The van der Waals surface area contributed by atoms with Crippen LogP contribution in [0.4, 0.5) is 0 Å². The second-order valence-corrected chi connectivity index (χ2v) is 9.23. The van der Waals surface area contributed by atoms with Gasteiger partial charge in [-0.25, -0.2) is 4.57 Å². The molecule has 1 saturated heterocycles. The average molecular weight is 395 g/mol. The Bertz CT molecular complexity index is 896. The quantitative estimate of drug-likeness (QED) is 0.439. The second-order valence-electron chi connectivity index (χ2n) is 7.99. The molecule has 5 rings (SSSR count). The lowest BCUT2D eigenvalue weighted by Crippen LogP contribution is -2.64. The summed E-state index contributed by atoms with van der Waals surface area (Å²) in [6.45, 7) is 0.465. The maximum absolute atomic E-state index is 11.1. The van der Waals surface area contributed by atoms with Crippen molar-refractivity contribution in [3.63, 3.8) is 0 Å². The van der Waals surface area contributed by atoms with Crippen LogP contribution in [-0.4, -0.2) is 56.7 Å². The first-order chi connectivity index (χ1) is 12.7. The van der Waals surface area contributed by atoms with Crippen molar-refractivity contribution in [2.75, 3.05) is 13.6 Å². The molecular formula is C18H22NO7P. The molecule has 2 aliphatic carbocycles. The van der Waals surface area contributed by atoms with Crippen LogP contribution in [0.3, 0.4) is 0 Å². The van der Waals surface area contributed by atoms with E-state index < -0.39 is 26.6 Å². The topological polar surface area (TPSA) is 120 Å². The highest BCUT2D eigenvalue weighted by atomic mass is 31.2. The zero-order valence-electron chi connectivity index (χ0n) is 14.8. The Labute approximate surface area is 156 Å². The number of nitrogens with zero attached hydrogens (tertiary/aromatic N) is 1. The summed E-state index contributed by atoms with van der Waals surface area (Å²) in [5.41, 5.74) is 1.84. The number of likely N-dealkylation sites (N-methyl/N-ethyl adjacent to an activating group) is 1. The van der Waals surface area contributed by atoms with Crippen molar-refractivity contribution in [1.29, 1.82) is 0 Å². The van der Waals surface area contributed by atoms with Crippen molar-refractivity contribution in [1.82, 2.24) is 4.90 Å². The van der Waals surface area contributed by atoms with E-state index in [1.54, 1.807) is 12.1 Å². The minimum Gasteiger partial charge on any atom is -0.504 e. The molecule has 0 aromatic heterocycles. The van der Waals surface area contributed by atoms with E-state index in [0.717, 1.165) is 30.5 Å². The van der Waals surface area contributed by atoms with Gasteiger partial charge in [0.1, 0.15) is 12.2 Å². The minimum absolute atomic E-state index is 0.158. The number of aliphatic hydroxyl groups is 1. The Hall–Kier alpha value is -1.41. The summed E-state index contributed by atoms with van der Waals surface area (Å²) >= 11 is 0. The number of likely N-dealkylation sites (tertiary alicyclic amines) is 1. The molecule has 4 aliphatic rings. The first-order valence-electron chi connectivity index (χ1n) is 9.04. The van der Waals surface area contributed by atoms with E-state index in [-0.39, 0.29) is 28.7 Å². The molecule has 146 valence electrons. The molecule has 27 heavy (non-hydrogen) atoms. The summed E-state index contributed by atoms with van der Waals surface area (Å²) < 4.78 is 21.8. The van der Waals surface area contributed by atoms with Crippen LogP contribution in [0, 0.1) is 5.92 Å². The number of phenols is 1. The zero-order valence-corrected chi connectivity index (χ0v) is 15.7. The van der Waals surface area contributed by atoms with Crippen molar-refractivity contribution in [3.05, 3.63) is 34.9 Å². The van der Waals surface area contributed by atoms with Crippen LogP contribution >= 0.6 is 7.82 Å². The molecule has 2 heterocycles. The van der Waals surface area contributed by atoms with E-state index in [2.05, 4.69) is 22.5 Å². The number of hydrogen-bond donors (Lipinski definition) is 4. The highest BCUT2D eigenvalue weighted by Gasteiger charge is 2.64. The number of aliphatic hydroxyl groups excluding tert-OH is 1. The van der Waals surface area contributed by atoms with Crippen molar-refractivity contribution in [2.45, 2.75) is 43.1 Å². The molecule has 0 amide bonds. The van der Waals surface area contributed by atoms with E-state index in [1.807, 2.05) is 0 Å². The molecule has 4 N–H and O–H groups in total. The molecule has 2 bridgehead atoms. The van der Waals surface area contributed by atoms with Crippen molar-refractivity contribution >= 4 is 7.82 Å². The van der Waals surface area contributed by atoms with E-state index in [0.29, 0.717) is 5.75 Å². The van der Waals surface area contributed by atoms with Crippen molar-refractivity contribution in [2.24, 2.45) is 5.92 Å². The average Bonchev–Trinajstić information content (AvgIpc) is 2.95. The molecule has 8 nitrogen and oxygen atoms in total. The summed E-state index contributed by atoms with van der Waals surface area (Å²) in [5, 5.41) is 21.3. The lowest BCUT2D eigenvalue weighted by Gasteiger charge is -2.56. The fourth-order valence-electron chi connectivity index (χ4n) is 5.64. The van der Waals surface area contributed by atoms with E-state index in [9.17, 15) is 14.8 Å². The summed E-state index contributed by atoms with van der Waals surface area (Å²) in [6, 6.07) is 2.01. The minimum atomic E-state index is -4.66. The molecule has 5 atom stereocenters. The van der Waals surface area contributed by atoms with Gasteiger partial charge in [-0.2, -0.15) is 0 Å². The smallest absolute Gasteiger partial charge is 0.469 e. The SMILES string of the molecule is CN1CC[C@]23c4c5cc(COP(=O)(O)O)c(O)c4O[C@H]2[C@@H](O)C=C[C@H]3[C@H]1C5. The van der Waals surface area contributed by atoms with Gasteiger partial charge in [0.05, 0.1) is 6.61 Å². The first kappa shape index (κ1) is 17.7. The number of phosphoric acid groups is 1. The Morgan fingerprint density at radius 1 is 1.41 bits per heavy atom. The maximum Gasteiger partial charge on any atom is 0.469 e. The van der Waals surface area contributed by atoms with E-state index in [4.69, 9.17) is 14.5 Å². The third kappa shape index (κ3) is 2.32. The Morgan fingerprint density at radius 2 is 2.19 bits per heavy atom. The number of hydrogen-bond acceptors (Lipinski definition) is 6. The van der Waals surface area contributed by atoms with Gasteiger partial charge in [0.25, 0.3) is 0 Å². The Morgan fingerprint density at radius 3 is 2.93 bits per heavy atom. The number of rotatable bonds is 3. The van der Waals surface area contributed by atoms with Gasteiger partial charge in [-0.3, -0.25) is 4.52 Å². The molecule has 2 aliphatic heterocycles. The largest absolute Gasteiger partial charge is 0.504 e. The van der Waals surface area contributed by atoms with Crippen LogP contribution in [0.25, 0.3) is 0 Å². The molecule has 9 heteroatoms. The number of benzene rings is 1. The Kier molecular flexibility index (Phi) is 3.64. The van der Waals surface area contributed by atoms with Crippen LogP contribution in [0.2, 0.25) is 0 Å². The number of ether oxygens (including phenoxy) is 1. The first-order valence-corrected chi connectivity index (χ1v) is 10.6. The number of piperidine rings is 1. The summed E-state index contributed by atoms with van der Waals surface area (Å²) in [5.74, 6) is 0.363. The van der Waals surface area contributed by atoms with E-state index in [1.165, 1.54) is 0 Å². The molecule has 0 saturated carbocycles. The summed E-state index contributed by atoms with van der Waals surface area (Å²) in [7, 11) is -2.57. The van der Waals surface area contributed by atoms with Gasteiger partial charge in [0.2, 0.25) is 0 Å². The van der Waals surface area contributed by atoms with Crippen LogP contribution < -0.4 is 4.74 Å². The van der Waals surface area contributed by atoms with Gasteiger partial charge in [-0.05, 0) is 38.1 Å². The van der Waals surface area contributed by atoms with Gasteiger partial charge in [0.15, 0.2) is 11.5 Å². The van der Waals surface area contributed by atoms with Gasteiger partial charge in [-0.15, -0.1) is 0 Å². The number of aromatic hydroxyl groups is 1. The molecule has 1 aromatic carbocycles. The van der Waals surface area contributed by atoms with Gasteiger partial charge in [0, 0.05) is 28.5 Å². The van der Waals surface area contributed by atoms with Crippen molar-refractivity contribution in [3.8, 4) is 11.5 Å². The molecular weight excluding hydrogens is 373 g/mol. The standard InChI is InChI=1S/C18H22NO7P/c1-19-5-4-18-11-2-3-13(20)17(18)26-16-14(18)9(7-12(11)19)6-10(15(16)21)8-25-27(22,23)24/h2-3,6,11-13,17,20-21H,4-5,7-8H2,1H3,(H2,22,23,24)/t11-,12+,13-,17-,18-/m0/s1. The predicted molar refractivity (Wildman–Crippen MR) is 94.4 cm³/mol. The monoisotopic (exact) mass is 395 g/mol. The molecule has 0 radical (unpaired) electrons. The Balaban J connectivity index is 1.68. The molecule has 1 fully saturated rings. The van der Waals surface area contributed by atoms with Crippen LogP contribution in [-0.2, 0) is 27.5 Å². The predicted octanol–water partition coefficient (Wildman–Crippen LogP) is 0.807. The lowest BCUT2D eigenvalue weighted by molar-refractivity contribution is -0.0453. The highest BCUT2D eigenvalue weighted by molar-refractivity contribution is 7.46. The lowest BCUT2D eigenvalue weighted by atomic mass is 9.53. The molecule has 1 spiro atoms. The fourth-order valence-corrected chi connectivity index (χ4v) is 5.94.